The molecule has 1 aromatic rings. The maximum Gasteiger partial charge on any atom is 0.291 e. The van der Waals surface area contributed by atoms with Crippen LogP contribution in [0.1, 0.15) is 25.3 Å². The lowest BCUT2D eigenvalue weighted by atomic mass is 10.3. The molecule has 0 spiro atoms. The maximum absolute atomic E-state index is 9.40. The van der Waals surface area contributed by atoms with E-state index in [4.69, 9.17) is 15.3 Å². The summed E-state index contributed by atoms with van der Waals surface area (Å²) in [6, 6.07) is 0. The van der Waals surface area contributed by atoms with Gasteiger partial charge in [-0.15, -0.1) is 10.1 Å². The zero-order valence-electron chi connectivity index (χ0n) is 8.28. The zero-order valence-corrected chi connectivity index (χ0v) is 8.28. The highest BCUT2D eigenvalue weighted by molar-refractivity contribution is 5.20. The molecule has 0 saturated heterocycles. The van der Waals surface area contributed by atoms with E-state index in [-0.39, 0.29) is 0 Å². The third kappa shape index (κ3) is 4.77. The van der Waals surface area contributed by atoms with Crippen LogP contribution in [0.4, 0.5) is 0 Å². The summed E-state index contributed by atoms with van der Waals surface area (Å²) in [4.78, 5) is 12.4. The first-order chi connectivity index (χ1) is 7.02. The van der Waals surface area contributed by atoms with Crippen LogP contribution in [0.25, 0.3) is 6.20 Å². The van der Waals surface area contributed by atoms with Gasteiger partial charge in [0.25, 0.3) is 5.09 Å². The number of hydrogen-bond acceptors (Lipinski definition) is 4. The second-order valence-corrected chi connectivity index (χ2v) is 2.54. The molecule has 0 fully saturated rings. The van der Waals surface area contributed by atoms with Crippen molar-refractivity contribution in [3.05, 3.63) is 34.9 Å². The molecule has 7 heteroatoms. The van der Waals surface area contributed by atoms with E-state index in [1.165, 1.54) is 0 Å². The molecule has 0 saturated carbocycles. The van der Waals surface area contributed by atoms with Gasteiger partial charge in [-0.2, -0.15) is 0 Å². The van der Waals surface area contributed by atoms with Gasteiger partial charge in [-0.3, -0.25) is 0 Å². The summed E-state index contributed by atoms with van der Waals surface area (Å²) >= 11 is 0. The average Bonchev–Trinajstić information content (AvgIpc) is 2.63. The van der Waals surface area contributed by atoms with Crippen molar-refractivity contribution in [2.75, 3.05) is 0 Å². The van der Waals surface area contributed by atoms with E-state index in [0.29, 0.717) is 12.2 Å². The Bertz CT molecular complexity index is 319. The summed E-state index contributed by atoms with van der Waals surface area (Å²) in [6.45, 7) is 5.50. The van der Waals surface area contributed by atoms with Crippen molar-refractivity contribution in [2.24, 2.45) is 0 Å². The minimum atomic E-state index is -1.50. The van der Waals surface area contributed by atoms with Crippen molar-refractivity contribution in [3.63, 3.8) is 0 Å². The van der Waals surface area contributed by atoms with E-state index in [2.05, 4.69) is 11.6 Å². The molecule has 1 aromatic heterocycles. The first kappa shape index (κ1) is 13.1. The number of aliphatic hydroxyl groups excluding tert-OH is 1. The molecular weight excluding hydrogens is 202 g/mol. The van der Waals surface area contributed by atoms with Crippen molar-refractivity contribution in [3.8, 4) is 0 Å². The molecule has 0 radical (unpaired) electrons. The topological polar surface area (TPSA) is 101 Å². The van der Waals surface area contributed by atoms with E-state index >= 15 is 0 Å². The minimum Gasteiger partial charge on any atom is -0.385 e. The number of imidazole rings is 1. The minimum absolute atomic E-state index is 0.483. The Kier molecular flexibility index (Phi) is 5.72. The lowest BCUT2D eigenvalue weighted by Gasteiger charge is -2.06. The Balaban J connectivity index is 0.000000423. The molecule has 0 amide bonds. The molecule has 1 rings (SSSR count). The lowest BCUT2D eigenvalue weighted by Crippen LogP contribution is -2.02. The molecule has 7 nitrogen and oxygen atoms in total. The number of nitrogens with zero attached hydrogens (tertiary/aromatic N) is 3. The Morgan fingerprint density at radius 2 is 2.40 bits per heavy atom. The summed E-state index contributed by atoms with van der Waals surface area (Å²) in [5, 5.41) is 23.0. The molecule has 0 bridgehead atoms. The van der Waals surface area contributed by atoms with Gasteiger partial charge < -0.3 is 14.9 Å². The summed E-state index contributed by atoms with van der Waals surface area (Å²) in [6.07, 6.45) is 5.23. The van der Waals surface area contributed by atoms with Crippen LogP contribution < -0.4 is 0 Å². The molecule has 0 aliphatic carbocycles. The molecule has 15 heavy (non-hydrogen) atoms. The van der Waals surface area contributed by atoms with Crippen LogP contribution in [-0.4, -0.2) is 25.0 Å². The first-order valence-corrected chi connectivity index (χ1v) is 4.19. The van der Waals surface area contributed by atoms with Crippen LogP contribution in [0, 0.1) is 10.1 Å². The van der Waals surface area contributed by atoms with Gasteiger partial charge in [-0.25, -0.2) is 4.98 Å². The monoisotopic (exact) mass is 215 g/mol. The third-order valence-corrected chi connectivity index (χ3v) is 1.58. The fourth-order valence-corrected chi connectivity index (χ4v) is 0.920. The summed E-state index contributed by atoms with van der Waals surface area (Å²) < 4.78 is 1.72. The summed E-state index contributed by atoms with van der Waals surface area (Å²) in [7, 11) is 0. The van der Waals surface area contributed by atoms with Gasteiger partial charge in [0.2, 0.25) is 0 Å². The highest BCUT2D eigenvalue weighted by Crippen LogP contribution is 2.13. The largest absolute Gasteiger partial charge is 0.385 e. The Labute approximate surface area is 86.4 Å². The predicted octanol–water partition coefficient (Wildman–Crippen LogP) is 1.08. The van der Waals surface area contributed by atoms with E-state index in [1.54, 1.807) is 23.2 Å². The molecular formula is C8H13N3O4. The van der Waals surface area contributed by atoms with Crippen molar-refractivity contribution < 1.29 is 15.4 Å². The van der Waals surface area contributed by atoms with Gasteiger partial charge >= 0.3 is 0 Å². The third-order valence-electron chi connectivity index (χ3n) is 1.58. The van der Waals surface area contributed by atoms with Crippen LogP contribution >= 0.6 is 0 Å². The van der Waals surface area contributed by atoms with Gasteiger partial charge in [0, 0.05) is 18.6 Å². The van der Waals surface area contributed by atoms with Crippen molar-refractivity contribution in [1.82, 2.24) is 9.55 Å². The van der Waals surface area contributed by atoms with Crippen LogP contribution in [0.3, 0.4) is 0 Å². The van der Waals surface area contributed by atoms with E-state index in [0.717, 1.165) is 0 Å². The van der Waals surface area contributed by atoms with Gasteiger partial charge in [0.15, 0.2) is 0 Å². The molecule has 1 unspecified atom stereocenters. The fourth-order valence-electron chi connectivity index (χ4n) is 0.920. The van der Waals surface area contributed by atoms with E-state index < -0.39 is 11.2 Å². The number of aliphatic hydroxyl groups is 1. The Morgan fingerprint density at radius 3 is 2.80 bits per heavy atom. The molecule has 0 aliphatic rings. The Hall–Kier alpha value is -1.89. The summed E-state index contributed by atoms with van der Waals surface area (Å²) in [5.41, 5.74) is 0. The molecule has 2 N–H and O–H groups in total. The number of rotatable bonds is 3. The van der Waals surface area contributed by atoms with Gasteiger partial charge in [0.05, 0.1) is 0 Å². The highest BCUT2D eigenvalue weighted by Gasteiger charge is 2.08. The normalized spacial score (nSPS) is 11.1. The highest BCUT2D eigenvalue weighted by atomic mass is 16.9. The SMILES string of the molecule is C=Cn1ccnc1C(O)CC.O=[N+]([O-])O. The predicted molar refractivity (Wildman–Crippen MR) is 52.6 cm³/mol. The molecule has 0 aromatic carbocycles. The van der Waals surface area contributed by atoms with Crippen molar-refractivity contribution in [2.45, 2.75) is 19.4 Å². The molecule has 0 aliphatic heterocycles. The molecule has 1 heterocycles. The van der Waals surface area contributed by atoms with Crippen LogP contribution in [0.5, 0.6) is 0 Å². The second-order valence-electron chi connectivity index (χ2n) is 2.54. The van der Waals surface area contributed by atoms with Crippen molar-refractivity contribution in [1.29, 1.82) is 0 Å². The van der Waals surface area contributed by atoms with E-state index in [1.807, 2.05) is 6.92 Å². The van der Waals surface area contributed by atoms with E-state index in [9.17, 15) is 5.11 Å². The first-order valence-electron chi connectivity index (χ1n) is 4.19. The molecule has 1 atom stereocenters. The van der Waals surface area contributed by atoms with Gasteiger partial charge in [-0.05, 0) is 6.42 Å². The van der Waals surface area contributed by atoms with Crippen molar-refractivity contribution >= 4 is 6.20 Å². The van der Waals surface area contributed by atoms with Crippen LogP contribution in [0.15, 0.2) is 19.0 Å². The van der Waals surface area contributed by atoms with Gasteiger partial charge in [0.1, 0.15) is 11.9 Å². The van der Waals surface area contributed by atoms with Gasteiger partial charge in [-0.1, -0.05) is 13.5 Å². The van der Waals surface area contributed by atoms with Crippen LogP contribution in [-0.2, 0) is 0 Å². The maximum atomic E-state index is 9.40. The average molecular weight is 215 g/mol. The summed E-state index contributed by atoms with van der Waals surface area (Å²) in [5.74, 6) is 0.655. The zero-order chi connectivity index (χ0) is 11.8. The quantitative estimate of drug-likeness (QED) is 0.580. The lowest BCUT2D eigenvalue weighted by molar-refractivity contribution is -0.742. The number of aromatic nitrogens is 2. The molecule has 84 valence electrons. The van der Waals surface area contributed by atoms with Crippen LogP contribution in [0.2, 0.25) is 0 Å². The smallest absolute Gasteiger partial charge is 0.291 e. The second kappa shape index (κ2) is 6.55. The number of hydrogen-bond donors (Lipinski definition) is 2. The fraction of sp³-hybridized carbons (Fsp3) is 0.375. The Morgan fingerprint density at radius 1 is 1.87 bits per heavy atom. The standard InChI is InChI=1S/C8H12N2O.HNO3/c1-3-7(11)8-9-5-6-10(8)4-2;2-1(3)4/h4-7,11H,2-3H2,1H3;(H,2,3,4).